The normalized spacial score (nSPS) is 11.3. The highest BCUT2D eigenvalue weighted by Gasteiger charge is 2.17. The maximum absolute atomic E-state index is 12.3. The number of nitrogen functional groups attached to an aromatic ring is 1. The monoisotopic (exact) mass is 353 g/mol. The predicted octanol–water partition coefficient (Wildman–Crippen LogP) is 2.31. The molecule has 1 atom stereocenters. The van der Waals surface area contributed by atoms with Crippen LogP contribution in [0.3, 0.4) is 0 Å². The third-order valence-electron chi connectivity index (χ3n) is 4.11. The van der Waals surface area contributed by atoms with Gasteiger partial charge in [0.1, 0.15) is 5.84 Å². The van der Waals surface area contributed by atoms with Crippen molar-refractivity contribution in [2.45, 2.75) is 13.0 Å². The van der Waals surface area contributed by atoms with Gasteiger partial charge < -0.3 is 21.3 Å². The summed E-state index contributed by atoms with van der Waals surface area (Å²) in [6, 6.07) is 15.7. The van der Waals surface area contributed by atoms with E-state index in [0.717, 1.165) is 5.56 Å². The molecule has 0 aliphatic heterocycles. The lowest BCUT2D eigenvalue weighted by Gasteiger charge is -2.25. The standard InChI is InChI=1S/C19H23N5O2/c1-13(14-6-4-3-5-7-14)24(2)17(25)12-22-19(26)23-16-10-8-15(9-11-16)18(20)21/h3-11,13H,12H2,1-2H3,(H3,20,21)(H2,22,23,26)/t13-/m0/s1. The van der Waals surface area contributed by atoms with E-state index in [1.54, 1.807) is 36.2 Å². The van der Waals surface area contributed by atoms with Gasteiger partial charge in [0.2, 0.25) is 5.91 Å². The minimum atomic E-state index is -0.477. The first-order valence-electron chi connectivity index (χ1n) is 8.18. The second kappa shape index (κ2) is 8.66. The first-order valence-corrected chi connectivity index (χ1v) is 8.18. The third-order valence-corrected chi connectivity index (χ3v) is 4.11. The Balaban J connectivity index is 1.84. The van der Waals surface area contributed by atoms with Crippen LogP contribution in [-0.4, -0.2) is 36.3 Å². The molecule has 7 nitrogen and oxygen atoms in total. The van der Waals surface area contributed by atoms with Crippen LogP contribution in [0.1, 0.15) is 24.1 Å². The van der Waals surface area contributed by atoms with Crippen LogP contribution in [0.15, 0.2) is 54.6 Å². The Morgan fingerprint density at radius 1 is 1.12 bits per heavy atom. The van der Waals surface area contributed by atoms with Gasteiger partial charge in [-0.2, -0.15) is 0 Å². The van der Waals surface area contributed by atoms with E-state index in [4.69, 9.17) is 11.1 Å². The molecule has 0 aliphatic rings. The summed E-state index contributed by atoms with van der Waals surface area (Å²) >= 11 is 0. The maximum Gasteiger partial charge on any atom is 0.319 e. The molecule has 2 aromatic carbocycles. The van der Waals surface area contributed by atoms with Crippen molar-refractivity contribution in [3.05, 3.63) is 65.7 Å². The number of likely N-dealkylation sites (N-methyl/N-ethyl adjacent to an activating group) is 1. The molecule has 0 fully saturated rings. The molecule has 2 rings (SSSR count). The Morgan fingerprint density at radius 2 is 1.73 bits per heavy atom. The number of anilines is 1. The van der Waals surface area contributed by atoms with Gasteiger partial charge in [-0.3, -0.25) is 10.2 Å². The molecule has 0 heterocycles. The summed E-state index contributed by atoms with van der Waals surface area (Å²) < 4.78 is 0. The summed E-state index contributed by atoms with van der Waals surface area (Å²) in [6.07, 6.45) is 0. The number of carbonyl (C=O) groups excluding carboxylic acids is 2. The van der Waals surface area contributed by atoms with E-state index in [1.807, 2.05) is 37.3 Å². The molecule has 0 saturated heterocycles. The van der Waals surface area contributed by atoms with E-state index in [-0.39, 0.29) is 24.3 Å². The second-order valence-corrected chi connectivity index (χ2v) is 5.89. The Bertz CT molecular complexity index is 774. The zero-order valence-electron chi connectivity index (χ0n) is 14.8. The van der Waals surface area contributed by atoms with Gasteiger partial charge in [-0.1, -0.05) is 30.3 Å². The van der Waals surface area contributed by atoms with E-state index in [9.17, 15) is 9.59 Å². The third kappa shape index (κ3) is 5.07. The van der Waals surface area contributed by atoms with Gasteiger partial charge in [-0.05, 0) is 36.8 Å². The number of benzene rings is 2. The van der Waals surface area contributed by atoms with Crippen LogP contribution in [0.4, 0.5) is 10.5 Å². The number of carbonyl (C=O) groups is 2. The maximum atomic E-state index is 12.3. The average Bonchev–Trinajstić information content (AvgIpc) is 2.66. The van der Waals surface area contributed by atoms with Crippen molar-refractivity contribution in [2.24, 2.45) is 5.73 Å². The van der Waals surface area contributed by atoms with Gasteiger partial charge in [-0.15, -0.1) is 0 Å². The smallest absolute Gasteiger partial charge is 0.319 e. The van der Waals surface area contributed by atoms with Gasteiger partial charge in [0, 0.05) is 18.3 Å². The number of amidine groups is 1. The number of rotatable bonds is 6. The number of nitrogens with zero attached hydrogens (tertiary/aromatic N) is 1. The highest BCUT2D eigenvalue weighted by molar-refractivity contribution is 5.96. The van der Waals surface area contributed by atoms with Crippen molar-refractivity contribution < 1.29 is 9.59 Å². The summed E-state index contributed by atoms with van der Waals surface area (Å²) in [6.45, 7) is 1.83. The number of amides is 3. The van der Waals surface area contributed by atoms with Crippen molar-refractivity contribution in [3.63, 3.8) is 0 Å². The SMILES string of the molecule is C[C@@H](c1ccccc1)N(C)C(=O)CNC(=O)Nc1ccc(C(=N)N)cc1. The van der Waals surface area contributed by atoms with Crippen LogP contribution < -0.4 is 16.4 Å². The van der Waals surface area contributed by atoms with Gasteiger partial charge in [-0.25, -0.2) is 4.79 Å². The first kappa shape index (κ1) is 19.0. The lowest BCUT2D eigenvalue weighted by atomic mass is 10.1. The molecule has 26 heavy (non-hydrogen) atoms. The van der Waals surface area contributed by atoms with E-state index in [2.05, 4.69) is 10.6 Å². The number of hydrogen-bond acceptors (Lipinski definition) is 3. The predicted molar refractivity (Wildman–Crippen MR) is 102 cm³/mol. The minimum Gasteiger partial charge on any atom is -0.384 e. The van der Waals surface area contributed by atoms with Crippen molar-refractivity contribution in [1.82, 2.24) is 10.2 Å². The number of urea groups is 1. The van der Waals surface area contributed by atoms with Crippen LogP contribution in [0.5, 0.6) is 0 Å². The van der Waals surface area contributed by atoms with Crippen LogP contribution in [0.25, 0.3) is 0 Å². The van der Waals surface area contributed by atoms with E-state index in [0.29, 0.717) is 11.3 Å². The summed E-state index contributed by atoms with van der Waals surface area (Å²) in [5.74, 6) is -0.231. The quantitative estimate of drug-likeness (QED) is 0.472. The zero-order valence-corrected chi connectivity index (χ0v) is 14.8. The summed E-state index contributed by atoms with van der Waals surface area (Å²) in [7, 11) is 1.71. The highest BCUT2D eigenvalue weighted by atomic mass is 16.2. The van der Waals surface area contributed by atoms with Gasteiger partial charge in [0.05, 0.1) is 12.6 Å². The Labute approximate surface area is 152 Å². The lowest BCUT2D eigenvalue weighted by Crippen LogP contribution is -2.40. The van der Waals surface area contributed by atoms with Gasteiger partial charge in [0.25, 0.3) is 0 Å². The minimum absolute atomic E-state index is 0.0397. The van der Waals surface area contributed by atoms with Crippen LogP contribution in [0.2, 0.25) is 0 Å². The van der Waals surface area contributed by atoms with Gasteiger partial charge >= 0.3 is 6.03 Å². The summed E-state index contributed by atoms with van der Waals surface area (Å²) in [5.41, 5.74) is 7.53. The van der Waals surface area contributed by atoms with Crippen LogP contribution in [0, 0.1) is 5.41 Å². The van der Waals surface area contributed by atoms with Crippen molar-refractivity contribution in [3.8, 4) is 0 Å². The number of nitrogens with one attached hydrogen (secondary N) is 3. The van der Waals surface area contributed by atoms with E-state index in [1.165, 1.54) is 0 Å². The molecule has 0 bridgehead atoms. The zero-order chi connectivity index (χ0) is 19.1. The molecule has 5 N–H and O–H groups in total. The first-order chi connectivity index (χ1) is 12.4. The summed E-state index contributed by atoms with van der Waals surface area (Å²) in [5, 5.41) is 12.5. The fraction of sp³-hybridized carbons (Fsp3) is 0.211. The Morgan fingerprint density at radius 3 is 2.31 bits per heavy atom. The highest BCUT2D eigenvalue weighted by Crippen LogP contribution is 2.17. The number of nitrogens with two attached hydrogens (primary N) is 1. The molecule has 7 heteroatoms. The average molecular weight is 353 g/mol. The molecule has 136 valence electrons. The van der Waals surface area contributed by atoms with Crippen molar-refractivity contribution in [1.29, 1.82) is 5.41 Å². The van der Waals surface area contributed by atoms with E-state index >= 15 is 0 Å². The largest absolute Gasteiger partial charge is 0.384 e. The molecule has 0 aliphatic carbocycles. The second-order valence-electron chi connectivity index (χ2n) is 5.89. The molecule has 3 amide bonds. The molecular formula is C19H23N5O2. The number of hydrogen-bond donors (Lipinski definition) is 4. The molecule has 0 radical (unpaired) electrons. The molecule has 0 saturated carbocycles. The van der Waals surface area contributed by atoms with Gasteiger partial charge in [0.15, 0.2) is 0 Å². The molecule has 0 spiro atoms. The Hall–Kier alpha value is -3.35. The van der Waals surface area contributed by atoms with Crippen molar-refractivity contribution >= 4 is 23.5 Å². The fourth-order valence-electron chi connectivity index (χ4n) is 2.36. The van der Waals surface area contributed by atoms with Crippen LogP contribution >= 0.6 is 0 Å². The molecule has 0 unspecified atom stereocenters. The van der Waals surface area contributed by atoms with Crippen molar-refractivity contribution in [2.75, 3.05) is 18.9 Å². The topological polar surface area (TPSA) is 111 Å². The van der Waals surface area contributed by atoms with Crippen LogP contribution in [-0.2, 0) is 4.79 Å². The fourth-order valence-corrected chi connectivity index (χ4v) is 2.36. The molecular weight excluding hydrogens is 330 g/mol. The lowest BCUT2D eigenvalue weighted by molar-refractivity contribution is -0.130. The molecule has 0 aromatic heterocycles. The van der Waals surface area contributed by atoms with E-state index < -0.39 is 6.03 Å². The summed E-state index contributed by atoms with van der Waals surface area (Å²) in [4.78, 5) is 25.8. The molecule has 2 aromatic rings. The Kier molecular flexibility index (Phi) is 6.32.